The van der Waals surface area contributed by atoms with E-state index < -0.39 is 0 Å². The fourth-order valence-corrected chi connectivity index (χ4v) is 2.31. The summed E-state index contributed by atoms with van der Waals surface area (Å²) in [5.41, 5.74) is 0. The van der Waals surface area contributed by atoms with Crippen molar-refractivity contribution < 1.29 is 0 Å². The lowest BCUT2D eigenvalue weighted by Crippen LogP contribution is -2.10. The Hall–Kier alpha value is 0. The van der Waals surface area contributed by atoms with Crippen molar-refractivity contribution in [3.05, 3.63) is 0 Å². The Morgan fingerprint density at radius 2 is 0.321 bits per heavy atom. The maximum absolute atomic E-state index is 2.31. The van der Waals surface area contributed by atoms with Gasteiger partial charge >= 0.3 is 0 Å². The van der Waals surface area contributed by atoms with Gasteiger partial charge in [0.2, 0.25) is 0 Å². The molecule has 0 heteroatoms. The Balaban J connectivity index is -0.0000000599. The van der Waals surface area contributed by atoms with Gasteiger partial charge in [-0.2, -0.15) is 0 Å². The van der Waals surface area contributed by atoms with Crippen LogP contribution in [-0.4, -0.2) is 0 Å². The van der Waals surface area contributed by atoms with Crippen LogP contribution < -0.4 is 0 Å². The third kappa shape index (κ3) is 28.2. The molecule has 0 atom stereocenters. The molecule has 0 aromatic carbocycles. The molecule has 28 heavy (non-hydrogen) atoms. The van der Waals surface area contributed by atoms with E-state index in [0.29, 0.717) is 0 Å². The third-order valence-electron chi connectivity index (χ3n) is 6.31. The highest BCUT2D eigenvalue weighted by Gasteiger charge is 2.11. The predicted octanol–water partition coefficient (Wildman–Crippen LogP) is 11.1. The monoisotopic (exact) mass is 405 g/mol. The van der Waals surface area contributed by atoms with Gasteiger partial charge in [-0.15, -0.1) is 0 Å². The van der Waals surface area contributed by atoms with Gasteiger partial charge in [-0.25, -0.2) is 0 Å². The molecule has 0 rings (SSSR count). The quantitative estimate of drug-likeness (QED) is 0.412. The summed E-state index contributed by atoms with van der Waals surface area (Å²) in [5.74, 6) is 7.67. The minimum Gasteiger partial charge on any atom is -0.0776 e. The van der Waals surface area contributed by atoms with Crippen LogP contribution in [-0.2, 0) is 0 Å². The molecule has 0 amide bonds. The van der Waals surface area contributed by atoms with E-state index in [-0.39, 0.29) is 14.9 Å². The summed E-state index contributed by atoms with van der Waals surface area (Å²) in [6, 6.07) is 0. The van der Waals surface area contributed by atoms with Gasteiger partial charge in [0.25, 0.3) is 0 Å². The van der Waals surface area contributed by atoms with Crippen LogP contribution in [0.25, 0.3) is 0 Å². The second kappa shape index (κ2) is 25.0. The van der Waals surface area contributed by atoms with Crippen molar-refractivity contribution in [2.75, 3.05) is 0 Å². The van der Waals surface area contributed by atoms with Crippen LogP contribution >= 0.6 is 0 Å². The Labute approximate surface area is 186 Å². The maximum Gasteiger partial charge on any atom is -0.0396 e. The largest absolute Gasteiger partial charge is 0.0776 e. The van der Waals surface area contributed by atoms with Gasteiger partial charge in [-0.3, -0.25) is 0 Å². The summed E-state index contributed by atoms with van der Waals surface area (Å²) in [4.78, 5) is 0. The molecule has 0 fully saturated rings. The Morgan fingerprint density at radius 3 is 0.321 bits per heavy atom. The van der Waals surface area contributed by atoms with Gasteiger partial charge in [0.1, 0.15) is 0 Å². The lowest BCUT2D eigenvalue weighted by Gasteiger charge is -2.18. The first-order valence-electron chi connectivity index (χ1n) is 11.7. The predicted molar refractivity (Wildman–Crippen MR) is 141 cm³/mol. The molecule has 0 aromatic rings. The van der Waals surface area contributed by atoms with Gasteiger partial charge in [0, 0.05) is 0 Å². The highest BCUT2D eigenvalue weighted by atomic mass is 14.2. The first-order chi connectivity index (χ1) is 11.7. The molecule has 0 unspecified atom stereocenters. The molecule has 0 heterocycles. The standard InChI is InChI=1S/3C8H18.C2H6.2CH4/c3*1-6(2)8(5)7(3)4;1-2;;/h3*6-8H,1-5H3;1-2H3;2*1H4. The van der Waals surface area contributed by atoms with Crippen molar-refractivity contribution in [3.8, 4) is 0 Å². The summed E-state index contributed by atoms with van der Waals surface area (Å²) < 4.78 is 0. The lowest BCUT2D eigenvalue weighted by atomic mass is 9.88. The van der Waals surface area contributed by atoms with E-state index in [1.807, 2.05) is 13.8 Å². The van der Waals surface area contributed by atoms with Crippen LogP contribution in [0.15, 0.2) is 0 Å². The first kappa shape index (κ1) is 42.2. The molecule has 180 valence electrons. The second-order valence-electron chi connectivity index (χ2n) is 10.0. The lowest BCUT2D eigenvalue weighted by molar-refractivity contribution is 0.316. The molecule has 0 aliphatic carbocycles. The molecule has 0 saturated carbocycles. The zero-order valence-electron chi connectivity index (χ0n) is 22.2. The van der Waals surface area contributed by atoms with Gasteiger partial charge in [0.15, 0.2) is 0 Å². The van der Waals surface area contributed by atoms with E-state index in [1.165, 1.54) is 0 Å². The minimum absolute atomic E-state index is 0. The Bertz CT molecular complexity index is 178. The molecule has 0 radical (unpaired) electrons. The molecule has 0 nitrogen and oxygen atoms in total. The summed E-state index contributed by atoms with van der Waals surface area (Å²) in [7, 11) is 0. The molecule has 0 aliphatic rings. The zero-order valence-corrected chi connectivity index (χ0v) is 22.2. The van der Waals surface area contributed by atoms with Crippen LogP contribution in [0.5, 0.6) is 0 Å². The molecule has 0 saturated heterocycles. The van der Waals surface area contributed by atoms with Crippen LogP contribution in [0.4, 0.5) is 0 Å². The molecular weight excluding hydrogens is 336 g/mol. The second-order valence-corrected chi connectivity index (χ2v) is 10.0. The van der Waals surface area contributed by atoms with Crippen molar-refractivity contribution >= 4 is 0 Å². The maximum atomic E-state index is 2.31. The van der Waals surface area contributed by atoms with E-state index in [0.717, 1.165) is 53.3 Å². The van der Waals surface area contributed by atoms with Crippen LogP contribution in [0.1, 0.15) is 133 Å². The van der Waals surface area contributed by atoms with E-state index in [1.54, 1.807) is 0 Å². The van der Waals surface area contributed by atoms with Crippen LogP contribution in [0.3, 0.4) is 0 Å². The smallest absolute Gasteiger partial charge is 0.0396 e. The average molecular weight is 405 g/mol. The molecule has 0 aromatic heterocycles. The van der Waals surface area contributed by atoms with Crippen molar-refractivity contribution in [1.29, 1.82) is 0 Å². The summed E-state index contributed by atoms with van der Waals surface area (Å²) in [6.45, 7) is 38.3. The van der Waals surface area contributed by atoms with Gasteiger partial charge < -0.3 is 0 Å². The number of hydrogen-bond acceptors (Lipinski definition) is 0. The molecular formula is C28H68. The fraction of sp³-hybridized carbons (Fsp3) is 1.00. The van der Waals surface area contributed by atoms with Gasteiger partial charge in [0.05, 0.1) is 0 Å². The van der Waals surface area contributed by atoms with Gasteiger partial charge in [-0.1, -0.05) is 133 Å². The van der Waals surface area contributed by atoms with E-state index in [4.69, 9.17) is 0 Å². The van der Waals surface area contributed by atoms with E-state index in [2.05, 4.69) is 104 Å². The summed E-state index contributed by atoms with van der Waals surface area (Å²) in [5, 5.41) is 0. The Morgan fingerprint density at radius 1 is 0.250 bits per heavy atom. The first-order valence-corrected chi connectivity index (χ1v) is 11.7. The topological polar surface area (TPSA) is 0 Å². The normalized spacial score (nSPS) is 10.5. The highest BCUT2D eigenvalue weighted by Crippen LogP contribution is 2.19. The van der Waals surface area contributed by atoms with Crippen LogP contribution in [0, 0.1) is 53.3 Å². The van der Waals surface area contributed by atoms with E-state index in [9.17, 15) is 0 Å². The third-order valence-corrected chi connectivity index (χ3v) is 6.31. The SMILES string of the molecule is C.C.CC.CC(C)C(C)C(C)C.CC(C)C(C)C(C)C.CC(C)C(C)C(C)C. The van der Waals surface area contributed by atoms with Crippen molar-refractivity contribution in [1.82, 2.24) is 0 Å². The summed E-state index contributed by atoms with van der Waals surface area (Å²) >= 11 is 0. The highest BCUT2D eigenvalue weighted by molar-refractivity contribution is 4.60. The average Bonchev–Trinajstić information content (AvgIpc) is 2.54. The number of rotatable bonds is 6. The Kier molecular flexibility index (Phi) is 37.7. The zero-order chi connectivity index (χ0) is 22.2. The minimum atomic E-state index is 0. The molecule has 0 bridgehead atoms. The van der Waals surface area contributed by atoms with Crippen molar-refractivity contribution in [2.24, 2.45) is 53.3 Å². The summed E-state index contributed by atoms with van der Waals surface area (Å²) in [6.07, 6.45) is 0. The van der Waals surface area contributed by atoms with Crippen molar-refractivity contribution in [3.63, 3.8) is 0 Å². The molecule has 0 aliphatic heterocycles. The van der Waals surface area contributed by atoms with Crippen molar-refractivity contribution in [2.45, 2.75) is 133 Å². The van der Waals surface area contributed by atoms with E-state index >= 15 is 0 Å². The molecule has 0 spiro atoms. The van der Waals surface area contributed by atoms with Crippen LogP contribution in [0.2, 0.25) is 0 Å². The molecule has 0 N–H and O–H groups in total. The fourth-order valence-electron chi connectivity index (χ4n) is 2.31. The van der Waals surface area contributed by atoms with Gasteiger partial charge in [-0.05, 0) is 53.3 Å². The number of hydrogen-bond donors (Lipinski definition) is 0.